The predicted molar refractivity (Wildman–Crippen MR) is 87.7 cm³/mol. The number of hydrogen-bond donors (Lipinski definition) is 0. The zero-order valence-corrected chi connectivity index (χ0v) is 13.4. The van der Waals surface area contributed by atoms with E-state index in [4.69, 9.17) is 4.98 Å². The standard InChI is InChI=1S/C17H21N5O/c1-12-19-15-7-2-6-14(15)17(20-12)21-10-4-5-13(21)11-22-16(23)8-3-9-18-22/h3,8-9,13H,2,4-7,10-11H2,1H3. The van der Waals surface area contributed by atoms with Gasteiger partial charge in [0.2, 0.25) is 0 Å². The van der Waals surface area contributed by atoms with Crippen molar-refractivity contribution in [3.8, 4) is 0 Å². The van der Waals surface area contributed by atoms with Gasteiger partial charge in [-0.25, -0.2) is 14.6 Å². The van der Waals surface area contributed by atoms with Gasteiger partial charge in [-0.2, -0.15) is 5.10 Å². The molecule has 2 aromatic rings. The maximum absolute atomic E-state index is 11.9. The van der Waals surface area contributed by atoms with Gasteiger partial charge in [0.15, 0.2) is 0 Å². The summed E-state index contributed by atoms with van der Waals surface area (Å²) in [6, 6.07) is 3.53. The molecular formula is C17H21N5O. The Kier molecular flexibility index (Phi) is 3.59. The highest BCUT2D eigenvalue weighted by Gasteiger charge is 2.30. The molecule has 1 atom stereocenters. The van der Waals surface area contributed by atoms with Crippen LogP contribution in [-0.2, 0) is 19.4 Å². The number of rotatable bonds is 3. The molecule has 2 aliphatic rings. The van der Waals surface area contributed by atoms with Crippen LogP contribution in [0, 0.1) is 6.92 Å². The van der Waals surface area contributed by atoms with Crippen LogP contribution in [-0.4, -0.2) is 32.3 Å². The molecule has 2 aromatic heterocycles. The van der Waals surface area contributed by atoms with Crippen LogP contribution in [0.25, 0.3) is 0 Å². The Hall–Kier alpha value is -2.24. The van der Waals surface area contributed by atoms with E-state index in [0.717, 1.165) is 43.9 Å². The lowest BCUT2D eigenvalue weighted by atomic mass is 10.2. The van der Waals surface area contributed by atoms with Gasteiger partial charge in [0.1, 0.15) is 11.6 Å². The average molecular weight is 311 g/mol. The first-order valence-corrected chi connectivity index (χ1v) is 8.37. The van der Waals surface area contributed by atoms with Crippen molar-refractivity contribution in [2.75, 3.05) is 11.4 Å². The van der Waals surface area contributed by atoms with Crippen LogP contribution in [0.1, 0.15) is 36.3 Å². The van der Waals surface area contributed by atoms with Gasteiger partial charge in [-0.3, -0.25) is 4.79 Å². The van der Waals surface area contributed by atoms with Crippen LogP contribution in [0.4, 0.5) is 5.82 Å². The molecule has 0 N–H and O–H groups in total. The van der Waals surface area contributed by atoms with E-state index in [-0.39, 0.29) is 11.6 Å². The first kappa shape index (κ1) is 14.4. The summed E-state index contributed by atoms with van der Waals surface area (Å²) in [6.45, 7) is 3.59. The summed E-state index contributed by atoms with van der Waals surface area (Å²) in [6.07, 6.45) is 7.17. The topological polar surface area (TPSA) is 63.9 Å². The maximum atomic E-state index is 11.9. The molecule has 0 saturated carbocycles. The lowest BCUT2D eigenvalue weighted by Gasteiger charge is -2.27. The molecule has 0 spiro atoms. The van der Waals surface area contributed by atoms with Gasteiger partial charge in [0.05, 0.1) is 12.6 Å². The molecule has 1 saturated heterocycles. The smallest absolute Gasteiger partial charge is 0.266 e. The number of fused-ring (bicyclic) bond motifs is 1. The van der Waals surface area contributed by atoms with Crippen LogP contribution in [0.5, 0.6) is 0 Å². The van der Waals surface area contributed by atoms with Crippen LogP contribution < -0.4 is 10.5 Å². The second-order valence-corrected chi connectivity index (χ2v) is 6.41. The van der Waals surface area contributed by atoms with Crippen LogP contribution in [0.15, 0.2) is 23.1 Å². The minimum atomic E-state index is -0.0385. The molecule has 6 nitrogen and oxygen atoms in total. The van der Waals surface area contributed by atoms with Gasteiger partial charge < -0.3 is 4.90 Å². The summed E-state index contributed by atoms with van der Waals surface area (Å²) in [4.78, 5) is 23.7. The predicted octanol–water partition coefficient (Wildman–Crippen LogP) is 1.50. The second-order valence-electron chi connectivity index (χ2n) is 6.41. The van der Waals surface area contributed by atoms with Crippen LogP contribution >= 0.6 is 0 Å². The number of aromatic nitrogens is 4. The Morgan fingerprint density at radius 3 is 3.04 bits per heavy atom. The van der Waals surface area contributed by atoms with Gasteiger partial charge in [-0.1, -0.05) is 0 Å². The number of hydrogen-bond acceptors (Lipinski definition) is 5. The lowest BCUT2D eigenvalue weighted by molar-refractivity contribution is 0.486. The van der Waals surface area contributed by atoms with Crippen molar-refractivity contribution in [1.29, 1.82) is 0 Å². The normalized spacial score (nSPS) is 20.0. The summed E-state index contributed by atoms with van der Waals surface area (Å²) >= 11 is 0. The Labute approximate surface area is 135 Å². The Morgan fingerprint density at radius 1 is 1.26 bits per heavy atom. The third-order valence-electron chi connectivity index (χ3n) is 4.84. The van der Waals surface area contributed by atoms with Crippen molar-refractivity contribution < 1.29 is 0 Å². The molecule has 1 fully saturated rings. The summed E-state index contributed by atoms with van der Waals surface area (Å²) in [5.41, 5.74) is 2.49. The van der Waals surface area contributed by atoms with Crippen molar-refractivity contribution >= 4 is 5.82 Å². The molecule has 6 heteroatoms. The molecule has 0 radical (unpaired) electrons. The zero-order chi connectivity index (χ0) is 15.8. The number of aryl methyl sites for hydroxylation is 2. The highest BCUT2D eigenvalue weighted by atomic mass is 16.1. The third-order valence-corrected chi connectivity index (χ3v) is 4.84. The van der Waals surface area contributed by atoms with Gasteiger partial charge >= 0.3 is 0 Å². The van der Waals surface area contributed by atoms with Crippen molar-refractivity contribution in [2.45, 2.75) is 51.6 Å². The monoisotopic (exact) mass is 311 g/mol. The van der Waals surface area contributed by atoms with Gasteiger partial charge in [-0.15, -0.1) is 0 Å². The van der Waals surface area contributed by atoms with E-state index in [1.807, 2.05) is 6.92 Å². The SMILES string of the molecule is Cc1nc2c(c(N3CCCC3Cn3ncccc3=O)n1)CCC2. The summed E-state index contributed by atoms with van der Waals surface area (Å²) in [7, 11) is 0. The maximum Gasteiger partial charge on any atom is 0.266 e. The molecule has 4 rings (SSSR count). The minimum Gasteiger partial charge on any atom is -0.351 e. The van der Waals surface area contributed by atoms with Crippen molar-refractivity contribution in [1.82, 2.24) is 19.7 Å². The fraction of sp³-hybridized carbons (Fsp3) is 0.529. The molecule has 1 aliphatic heterocycles. The Morgan fingerprint density at radius 2 is 2.17 bits per heavy atom. The second kappa shape index (κ2) is 5.76. The van der Waals surface area contributed by atoms with E-state index in [0.29, 0.717) is 6.54 Å². The highest BCUT2D eigenvalue weighted by molar-refractivity contribution is 5.52. The molecule has 23 heavy (non-hydrogen) atoms. The van der Waals surface area contributed by atoms with Crippen molar-refractivity contribution in [3.63, 3.8) is 0 Å². The van der Waals surface area contributed by atoms with E-state index >= 15 is 0 Å². The zero-order valence-electron chi connectivity index (χ0n) is 13.4. The molecule has 3 heterocycles. The van der Waals surface area contributed by atoms with E-state index in [1.165, 1.54) is 17.7 Å². The van der Waals surface area contributed by atoms with Gasteiger partial charge in [0, 0.05) is 30.1 Å². The number of nitrogens with zero attached hydrogens (tertiary/aromatic N) is 5. The van der Waals surface area contributed by atoms with Crippen LogP contribution in [0.3, 0.4) is 0 Å². The van der Waals surface area contributed by atoms with Crippen molar-refractivity contribution in [3.05, 3.63) is 45.8 Å². The molecule has 0 bridgehead atoms. The minimum absolute atomic E-state index is 0.0385. The van der Waals surface area contributed by atoms with E-state index in [1.54, 1.807) is 23.0 Å². The summed E-state index contributed by atoms with van der Waals surface area (Å²) in [5.74, 6) is 1.94. The number of anilines is 1. The molecule has 1 unspecified atom stereocenters. The Balaban J connectivity index is 1.66. The quantitative estimate of drug-likeness (QED) is 0.859. The summed E-state index contributed by atoms with van der Waals surface area (Å²) < 4.78 is 1.57. The van der Waals surface area contributed by atoms with E-state index < -0.39 is 0 Å². The molecule has 0 aromatic carbocycles. The van der Waals surface area contributed by atoms with Gasteiger partial charge in [0.25, 0.3) is 5.56 Å². The third kappa shape index (κ3) is 2.62. The molecule has 0 amide bonds. The largest absolute Gasteiger partial charge is 0.351 e. The van der Waals surface area contributed by atoms with Crippen molar-refractivity contribution in [2.24, 2.45) is 0 Å². The average Bonchev–Trinajstić information content (AvgIpc) is 3.17. The van der Waals surface area contributed by atoms with Crippen LogP contribution in [0.2, 0.25) is 0 Å². The first-order valence-electron chi connectivity index (χ1n) is 8.37. The summed E-state index contributed by atoms with van der Waals surface area (Å²) in [5, 5.41) is 4.20. The fourth-order valence-corrected chi connectivity index (χ4v) is 3.80. The molecular weight excluding hydrogens is 290 g/mol. The first-order chi connectivity index (χ1) is 11.2. The van der Waals surface area contributed by atoms with E-state index in [9.17, 15) is 4.79 Å². The fourth-order valence-electron chi connectivity index (χ4n) is 3.80. The highest BCUT2D eigenvalue weighted by Crippen LogP contribution is 2.33. The lowest BCUT2D eigenvalue weighted by Crippen LogP contribution is -2.38. The molecule has 120 valence electrons. The van der Waals surface area contributed by atoms with Gasteiger partial charge in [-0.05, 0) is 45.1 Å². The molecule has 1 aliphatic carbocycles. The van der Waals surface area contributed by atoms with E-state index in [2.05, 4.69) is 15.0 Å². The Bertz CT molecular complexity index is 785.